The van der Waals surface area contributed by atoms with Gasteiger partial charge in [0.05, 0.1) is 28.2 Å². The molecule has 0 unspecified atom stereocenters. The Bertz CT molecular complexity index is 515. The van der Waals surface area contributed by atoms with E-state index in [0.29, 0.717) is 12.1 Å². The molecule has 0 aliphatic heterocycles. The fraction of sp³-hybridized carbons (Fsp3) is 0.222. The van der Waals surface area contributed by atoms with Gasteiger partial charge in [0.25, 0.3) is 5.69 Å². The van der Waals surface area contributed by atoms with E-state index in [9.17, 15) is 28.1 Å². The second-order valence-corrected chi connectivity index (χ2v) is 3.50. The van der Waals surface area contributed by atoms with Crippen molar-refractivity contribution in [2.24, 2.45) is 0 Å². The molecule has 0 heterocycles. The van der Waals surface area contributed by atoms with Crippen molar-refractivity contribution in [1.29, 1.82) is 0 Å². The SMILES string of the molecule is COC(=O)c1cc([N+](=O)[O-])cc(Cl)c1C(F)(F)F. The van der Waals surface area contributed by atoms with Crippen LogP contribution in [0, 0.1) is 10.1 Å². The number of nitro groups is 1. The number of benzene rings is 1. The third-order valence-corrected chi connectivity index (χ3v) is 2.27. The van der Waals surface area contributed by atoms with Gasteiger partial charge in [-0.1, -0.05) is 11.6 Å². The molecule has 0 bridgehead atoms. The fourth-order valence-electron chi connectivity index (χ4n) is 1.26. The minimum absolute atomic E-state index is 0.473. The van der Waals surface area contributed by atoms with Crippen LogP contribution in [0.1, 0.15) is 15.9 Å². The average molecular weight is 284 g/mol. The largest absolute Gasteiger partial charge is 0.465 e. The number of alkyl halides is 3. The van der Waals surface area contributed by atoms with Crippen LogP contribution in [-0.4, -0.2) is 18.0 Å². The van der Waals surface area contributed by atoms with Crippen molar-refractivity contribution in [2.75, 3.05) is 7.11 Å². The summed E-state index contributed by atoms with van der Waals surface area (Å²) in [6, 6.07) is 0.997. The second kappa shape index (κ2) is 4.81. The zero-order valence-electron chi connectivity index (χ0n) is 8.75. The van der Waals surface area contributed by atoms with E-state index < -0.39 is 38.9 Å². The van der Waals surface area contributed by atoms with Gasteiger partial charge in [-0.25, -0.2) is 4.79 Å². The summed E-state index contributed by atoms with van der Waals surface area (Å²) in [7, 11) is 0.856. The molecular formula is C9H5ClF3NO4. The molecular weight excluding hydrogens is 279 g/mol. The smallest absolute Gasteiger partial charge is 0.418 e. The molecule has 5 nitrogen and oxygen atoms in total. The Morgan fingerprint density at radius 2 is 2.00 bits per heavy atom. The minimum atomic E-state index is -4.92. The monoisotopic (exact) mass is 283 g/mol. The van der Waals surface area contributed by atoms with E-state index in [4.69, 9.17) is 11.6 Å². The maximum Gasteiger partial charge on any atom is 0.418 e. The highest BCUT2D eigenvalue weighted by atomic mass is 35.5. The molecule has 0 aliphatic rings. The molecule has 1 aromatic rings. The topological polar surface area (TPSA) is 69.4 Å². The number of carbonyl (C=O) groups excluding carboxylic acids is 1. The number of nitrogens with zero attached hydrogens (tertiary/aromatic N) is 1. The first kappa shape index (κ1) is 14.2. The highest BCUT2D eigenvalue weighted by Crippen LogP contribution is 2.39. The first-order valence-corrected chi connectivity index (χ1v) is 4.69. The lowest BCUT2D eigenvalue weighted by Gasteiger charge is -2.12. The highest BCUT2D eigenvalue weighted by Gasteiger charge is 2.39. The number of methoxy groups -OCH3 is 1. The molecule has 0 atom stereocenters. The lowest BCUT2D eigenvalue weighted by molar-refractivity contribution is -0.384. The molecule has 0 aliphatic carbocycles. The minimum Gasteiger partial charge on any atom is -0.465 e. The Kier molecular flexibility index (Phi) is 3.80. The Morgan fingerprint density at radius 1 is 1.44 bits per heavy atom. The van der Waals surface area contributed by atoms with E-state index in [2.05, 4.69) is 4.74 Å². The number of nitro benzene ring substituents is 1. The van der Waals surface area contributed by atoms with Gasteiger partial charge < -0.3 is 4.74 Å². The van der Waals surface area contributed by atoms with E-state index in [1.165, 1.54) is 0 Å². The molecule has 1 aromatic carbocycles. The number of rotatable bonds is 2. The fourth-order valence-corrected chi connectivity index (χ4v) is 1.58. The van der Waals surface area contributed by atoms with Crippen molar-refractivity contribution in [2.45, 2.75) is 6.18 Å². The van der Waals surface area contributed by atoms with Crippen LogP contribution in [0.2, 0.25) is 5.02 Å². The van der Waals surface area contributed by atoms with E-state index in [1.54, 1.807) is 0 Å². The van der Waals surface area contributed by atoms with Crippen LogP contribution in [0.15, 0.2) is 12.1 Å². The summed E-state index contributed by atoms with van der Waals surface area (Å²) in [5.41, 5.74) is -3.18. The molecule has 0 saturated carbocycles. The number of non-ortho nitro benzene ring substituents is 1. The van der Waals surface area contributed by atoms with Crippen LogP contribution in [0.25, 0.3) is 0 Å². The van der Waals surface area contributed by atoms with E-state index in [1.807, 2.05) is 0 Å². The van der Waals surface area contributed by atoms with Crippen LogP contribution >= 0.6 is 11.6 Å². The molecule has 0 spiro atoms. The molecule has 18 heavy (non-hydrogen) atoms. The first-order chi connectivity index (χ1) is 8.18. The van der Waals surface area contributed by atoms with Gasteiger partial charge in [-0.05, 0) is 0 Å². The lowest BCUT2D eigenvalue weighted by Crippen LogP contribution is -2.15. The summed E-state index contributed by atoms with van der Waals surface area (Å²) >= 11 is 5.33. The van der Waals surface area contributed by atoms with Crippen LogP contribution in [0.3, 0.4) is 0 Å². The molecule has 0 fully saturated rings. The number of esters is 1. The Hall–Kier alpha value is -1.83. The Labute approximate surface area is 103 Å². The maximum absolute atomic E-state index is 12.7. The summed E-state index contributed by atoms with van der Waals surface area (Å²) < 4.78 is 42.2. The lowest BCUT2D eigenvalue weighted by atomic mass is 10.1. The Balaban J connectivity index is 3.60. The summed E-state index contributed by atoms with van der Waals surface area (Å²) in [6.45, 7) is 0. The zero-order valence-corrected chi connectivity index (χ0v) is 9.50. The van der Waals surface area contributed by atoms with Crippen molar-refractivity contribution < 1.29 is 27.6 Å². The summed E-state index contributed by atoms with van der Waals surface area (Å²) in [5.74, 6) is -1.35. The number of carbonyl (C=O) groups is 1. The quantitative estimate of drug-likeness (QED) is 0.475. The van der Waals surface area contributed by atoms with Crippen LogP contribution in [0.4, 0.5) is 18.9 Å². The van der Waals surface area contributed by atoms with Crippen LogP contribution in [0.5, 0.6) is 0 Å². The Morgan fingerprint density at radius 3 is 2.39 bits per heavy atom. The van der Waals surface area contributed by atoms with Crippen molar-refractivity contribution >= 4 is 23.3 Å². The molecule has 0 N–H and O–H groups in total. The molecule has 0 saturated heterocycles. The van der Waals surface area contributed by atoms with Crippen molar-refractivity contribution in [3.8, 4) is 0 Å². The van der Waals surface area contributed by atoms with Gasteiger partial charge >= 0.3 is 12.1 Å². The predicted molar refractivity (Wildman–Crippen MR) is 54.4 cm³/mol. The van der Waals surface area contributed by atoms with Gasteiger partial charge in [-0.15, -0.1) is 0 Å². The van der Waals surface area contributed by atoms with E-state index in [0.717, 1.165) is 7.11 Å². The average Bonchev–Trinajstić information content (AvgIpc) is 2.24. The van der Waals surface area contributed by atoms with Crippen molar-refractivity contribution in [3.63, 3.8) is 0 Å². The summed E-state index contributed by atoms with van der Waals surface area (Å²) in [6.07, 6.45) is -4.92. The summed E-state index contributed by atoms with van der Waals surface area (Å²) in [5, 5.41) is 9.56. The molecule has 0 radical (unpaired) electrons. The van der Waals surface area contributed by atoms with Gasteiger partial charge in [0.15, 0.2) is 0 Å². The summed E-state index contributed by atoms with van der Waals surface area (Å²) in [4.78, 5) is 20.7. The third-order valence-electron chi connectivity index (χ3n) is 1.97. The van der Waals surface area contributed by atoms with E-state index in [-0.39, 0.29) is 0 Å². The van der Waals surface area contributed by atoms with Gasteiger partial charge in [-0.2, -0.15) is 13.2 Å². The van der Waals surface area contributed by atoms with Crippen LogP contribution < -0.4 is 0 Å². The van der Waals surface area contributed by atoms with E-state index >= 15 is 0 Å². The van der Waals surface area contributed by atoms with Gasteiger partial charge in [0.2, 0.25) is 0 Å². The van der Waals surface area contributed by atoms with Gasteiger partial charge in [0, 0.05) is 12.1 Å². The van der Waals surface area contributed by atoms with Crippen molar-refractivity contribution in [1.82, 2.24) is 0 Å². The molecule has 0 amide bonds. The maximum atomic E-state index is 12.7. The van der Waals surface area contributed by atoms with Gasteiger partial charge in [-0.3, -0.25) is 10.1 Å². The molecule has 98 valence electrons. The molecule has 1 rings (SSSR count). The second-order valence-electron chi connectivity index (χ2n) is 3.10. The number of hydrogen-bond acceptors (Lipinski definition) is 4. The standard InChI is InChI=1S/C9H5ClF3NO4/c1-18-8(15)5-2-4(14(16)17)3-6(10)7(5)9(11,12)13/h2-3H,1H3. The third kappa shape index (κ3) is 2.70. The predicted octanol–water partition coefficient (Wildman–Crippen LogP) is 3.05. The first-order valence-electron chi connectivity index (χ1n) is 4.32. The molecule has 9 heteroatoms. The highest BCUT2D eigenvalue weighted by molar-refractivity contribution is 6.32. The normalized spacial score (nSPS) is 11.2. The number of hydrogen-bond donors (Lipinski definition) is 0. The molecule has 0 aromatic heterocycles. The van der Waals surface area contributed by atoms with Crippen molar-refractivity contribution in [3.05, 3.63) is 38.4 Å². The number of ether oxygens (including phenoxy) is 1. The number of halogens is 4. The van der Waals surface area contributed by atoms with Gasteiger partial charge in [0.1, 0.15) is 0 Å². The zero-order chi connectivity index (χ0) is 14.1. The van der Waals surface area contributed by atoms with Crippen LogP contribution in [-0.2, 0) is 10.9 Å².